The zero-order chi connectivity index (χ0) is 25.2. The van der Waals surface area contributed by atoms with Crippen LogP contribution in [0.15, 0.2) is 95.0 Å². The number of benzene rings is 3. The summed E-state index contributed by atoms with van der Waals surface area (Å²) in [5, 5.41) is 15.2. The zero-order valence-corrected chi connectivity index (χ0v) is 19.5. The Balaban J connectivity index is 1.64. The maximum Gasteiger partial charge on any atom is 0.301 e. The average molecular weight is 482 g/mol. The summed E-state index contributed by atoms with van der Waals surface area (Å²) >= 11 is 0. The number of aryl methyl sites for hydroxylation is 1. The number of ether oxygens (including phenoxy) is 2. The molecule has 180 valence electrons. The van der Waals surface area contributed by atoms with Crippen LogP contribution in [0.4, 0.5) is 5.82 Å². The van der Waals surface area contributed by atoms with E-state index in [1.165, 1.54) is 12.0 Å². The molecule has 1 saturated heterocycles. The van der Waals surface area contributed by atoms with Gasteiger partial charge >= 0.3 is 5.91 Å². The number of rotatable bonds is 6. The molecule has 0 radical (unpaired) electrons. The first-order valence-electron chi connectivity index (χ1n) is 11.2. The van der Waals surface area contributed by atoms with Crippen molar-refractivity contribution in [2.75, 3.05) is 12.0 Å². The Hall–Kier alpha value is -4.85. The normalized spacial score (nSPS) is 16.8. The van der Waals surface area contributed by atoms with Crippen molar-refractivity contribution >= 4 is 23.3 Å². The molecule has 0 spiro atoms. The number of hydrogen-bond donors (Lipinski definition) is 1. The maximum absolute atomic E-state index is 13.3. The van der Waals surface area contributed by atoms with Gasteiger partial charge in [0.25, 0.3) is 5.78 Å². The molecule has 8 heteroatoms. The van der Waals surface area contributed by atoms with Crippen molar-refractivity contribution in [3.63, 3.8) is 0 Å². The third-order valence-electron chi connectivity index (χ3n) is 5.82. The van der Waals surface area contributed by atoms with Crippen LogP contribution in [0.1, 0.15) is 22.9 Å². The lowest BCUT2D eigenvalue weighted by Crippen LogP contribution is -2.29. The topological polar surface area (TPSA) is 102 Å². The van der Waals surface area contributed by atoms with Gasteiger partial charge in [0.05, 0.1) is 18.7 Å². The van der Waals surface area contributed by atoms with Crippen molar-refractivity contribution in [2.45, 2.75) is 13.0 Å². The highest BCUT2D eigenvalue weighted by molar-refractivity contribution is 6.51. The quantitative estimate of drug-likeness (QED) is 0.223. The number of nitrogens with zero attached hydrogens (tertiary/aromatic N) is 2. The van der Waals surface area contributed by atoms with E-state index in [0.717, 1.165) is 0 Å². The number of methoxy groups -OCH3 is 1. The number of carbonyl (C=O) groups is 2. The van der Waals surface area contributed by atoms with Gasteiger partial charge in [0.1, 0.15) is 28.8 Å². The standard InChI is InChI=1S/C28H22N2O6/c1-17-15-23(29-36-17)30-25(19-7-6-10-22(16-19)35-21-8-4-3-5-9-21)24(27(32)28(30)33)26(31)18-11-13-20(34-2)14-12-18/h3-16,25,31H,1-2H3/t25-/m1/s1. The van der Waals surface area contributed by atoms with Crippen LogP contribution in [0, 0.1) is 6.92 Å². The number of amides is 1. The molecule has 1 fully saturated rings. The van der Waals surface area contributed by atoms with E-state index in [1.807, 2.05) is 30.3 Å². The number of ketones is 1. The maximum atomic E-state index is 13.3. The number of Topliss-reactive ketones (excluding diaryl/α,β-unsaturated/α-hetero) is 1. The lowest BCUT2D eigenvalue weighted by Gasteiger charge is -2.23. The summed E-state index contributed by atoms with van der Waals surface area (Å²) in [6.07, 6.45) is 0. The molecule has 1 aliphatic heterocycles. The van der Waals surface area contributed by atoms with Crippen molar-refractivity contribution in [3.8, 4) is 17.2 Å². The summed E-state index contributed by atoms with van der Waals surface area (Å²) in [5.41, 5.74) is 0.854. The molecule has 1 amide bonds. The summed E-state index contributed by atoms with van der Waals surface area (Å²) < 4.78 is 16.3. The molecule has 1 aromatic heterocycles. The van der Waals surface area contributed by atoms with Crippen molar-refractivity contribution in [3.05, 3.63) is 107 Å². The van der Waals surface area contributed by atoms with Gasteiger partial charge in [-0.25, -0.2) is 0 Å². The third kappa shape index (κ3) is 4.20. The molecule has 4 aromatic rings. The number of aliphatic hydroxyl groups excluding tert-OH is 1. The molecular weight excluding hydrogens is 460 g/mol. The molecule has 1 atom stereocenters. The molecule has 2 heterocycles. The first-order valence-corrected chi connectivity index (χ1v) is 11.2. The molecule has 3 aromatic carbocycles. The minimum absolute atomic E-state index is 0.0670. The van der Waals surface area contributed by atoms with E-state index >= 15 is 0 Å². The van der Waals surface area contributed by atoms with Crippen molar-refractivity contribution in [2.24, 2.45) is 0 Å². The van der Waals surface area contributed by atoms with Crippen LogP contribution in [0.25, 0.3) is 5.76 Å². The average Bonchev–Trinajstić information content (AvgIpc) is 3.44. The number of carbonyl (C=O) groups excluding carboxylic acids is 2. The Labute approximate surface area is 207 Å². The number of aromatic nitrogens is 1. The minimum Gasteiger partial charge on any atom is -0.507 e. The molecule has 8 nitrogen and oxygen atoms in total. The van der Waals surface area contributed by atoms with Gasteiger partial charge in [0.2, 0.25) is 0 Å². The molecule has 0 saturated carbocycles. The van der Waals surface area contributed by atoms with E-state index in [0.29, 0.717) is 34.1 Å². The summed E-state index contributed by atoms with van der Waals surface area (Å²) in [5.74, 6) is 0.412. The van der Waals surface area contributed by atoms with Gasteiger partial charge in [-0.3, -0.25) is 14.5 Å². The minimum atomic E-state index is -0.962. The Morgan fingerprint density at radius 3 is 2.31 bits per heavy atom. The lowest BCUT2D eigenvalue weighted by atomic mass is 9.95. The second kappa shape index (κ2) is 9.42. The third-order valence-corrected chi connectivity index (χ3v) is 5.82. The van der Waals surface area contributed by atoms with E-state index in [1.54, 1.807) is 61.5 Å². The molecule has 36 heavy (non-hydrogen) atoms. The predicted octanol–water partition coefficient (Wildman–Crippen LogP) is 5.41. The predicted molar refractivity (Wildman–Crippen MR) is 132 cm³/mol. The Morgan fingerprint density at radius 1 is 0.917 bits per heavy atom. The number of aliphatic hydroxyl groups is 1. The second-order valence-electron chi connectivity index (χ2n) is 8.18. The Kier molecular flexibility index (Phi) is 6.00. The van der Waals surface area contributed by atoms with Gasteiger partial charge in [-0.1, -0.05) is 35.5 Å². The summed E-state index contributed by atoms with van der Waals surface area (Å²) in [4.78, 5) is 27.7. The fourth-order valence-electron chi connectivity index (χ4n) is 4.13. The van der Waals surface area contributed by atoms with Crippen LogP contribution in [0.5, 0.6) is 17.2 Å². The van der Waals surface area contributed by atoms with E-state index in [4.69, 9.17) is 14.0 Å². The van der Waals surface area contributed by atoms with Gasteiger partial charge in [-0.2, -0.15) is 0 Å². The molecule has 0 bridgehead atoms. The molecule has 0 unspecified atom stereocenters. The van der Waals surface area contributed by atoms with Crippen LogP contribution in [0.2, 0.25) is 0 Å². The van der Waals surface area contributed by atoms with Crippen LogP contribution in [0.3, 0.4) is 0 Å². The lowest BCUT2D eigenvalue weighted by molar-refractivity contribution is -0.132. The van der Waals surface area contributed by atoms with E-state index in [-0.39, 0.29) is 17.2 Å². The van der Waals surface area contributed by atoms with Gasteiger partial charge in [0, 0.05) is 11.6 Å². The fourth-order valence-corrected chi connectivity index (χ4v) is 4.13. The van der Waals surface area contributed by atoms with Gasteiger partial charge in [-0.15, -0.1) is 0 Å². The summed E-state index contributed by atoms with van der Waals surface area (Å²) in [6.45, 7) is 1.69. The largest absolute Gasteiger partial charge is 0.507 e. The fraction of sp³-hybridized carbons (Fsp3) is 0.107. The monoisotopic (exact) mass is 482 g/mol. The van der Waals surface area contributed by atoms with Crippen LogP contribution in [-0.2, 0) is 9.59 Å². The first-order chi connectivity index (χ1) is 17.5. The molecular formula is C28H22N2O6. The SMILES string of the molecule is COc1ccc(C(O)=C2C(=O)C(=O)N(c3cc(C)on3)[C@@H]2c2cccc(Oc3ccccc3)c2)cc1. The smallest absolute Gasteiger partial charge is 0.301 e. The van der Waals surface area contributed by atoms with Crippen LogP contribution in [-0.4, -0.2) is 29.1 Å². The highest BCUT2D eigenvalue weighted by atomic mass is 16.5. The number of anilines is 1. The van der Waals surface area contributed by atoms with Crippen molar-refractivity contribution < 1.29 is 28.7 Å². The van der Waals surface area contributed by atoms with Gasteiger partial charge in [-0.05, 0) is 61.0 Å². The van der Waals surface area contributed by atoms with Crippen molar-refractivity contribution in [1.82, 2.24) is 5.16 Å². The van der Waals surface area contributed by atoms with Crippen molar-refractivity contribution in [1.29, 1.82) is 0 Å². The number of hydrogen-bond acceptors (Lipinski definition) is 7. The molecule has 1 aliphatic rings. The highest BCUT2D eigenvalue weighted by Crippen LogP contribution is 2.43. The van der Waals surface area contributed by atoms with E-state index in [9.17, 15) is 14.7 Å². The van der Waals surface area contributed by atoms with E-state index < -0.39 is 17.7 Å². The van der Waals surface area contributed by atoms with E-state index in [2.05, 4.69) is 5.16 Å². The second-order valence-corrected chi connectivity index (χ2v) is 8.18. The molecule has 0 aliphatic carbocycles. The van der Waals surface area contributed by atoms with Gasteiger partial charge in [0.15, 0.2) is 5.82 Å². The molecule has 5 rings (SSSR count). The summed E-state index contributed by atoms with van der Waals surface area (Å²) in [6, 6.07) is 23.4. The summed E-state index contributed by atoms with van der Waals surface area (Å²) in [7, 11) is 1.53. The highest BCUT2D eigenvalue weighted by Gasteiger charge is 2.48. The van der Waals surface area contributed by atoms with Gasteiger partial charge < -0.3 is 19.1 Å². The number of para-hydroxylation sites is 1. The van der Waals surface area contributed by atoms with Crippen LogP contribution >= 0.6 is 0 Å². The zero-order valence-electron chi connectivity index (χ0n) is 19.5. The first kappa shape index (κ1) is 22.9. The van der Waals surface area contributed by atoms with Crippen LogP contribution < -0.4 is 14.4 Å². The molecule has 1 N–H and O–H groups in total. The Morgan fingerprint density at radius 2 is 1.64 bits per heavy atom. The Bertz CT molecular complexity index is 1460.